The summed E-state index contributed by atoms with van der Waals surface area (Å²) >= 11 is 4.75. The highest BCUT2D eigenvalue weighted by atomic mass is 79.9. The van der Waals surface area contributed by atoms with Crippen molar-refractivity contribution >= 4 is 50.9 Å². The van der Waals surface area contributed by atoms with Crippen LogP contribution in [0.4, 0.5) is 11.4 Å². The Morgan fingerprint density at radius 1 is 1.16 bits per heavy atom. The summed E-state index contributed by atoms with van der Waals surface area (Å²) in [5, 5.41) is 26.1. The summed E-state index contributed by atoms with van der Waals surface area (Å²) in [6.45, 7) is 10.3. The van der Waals surface area contributed by atoms with Crippen LogP contribution in [0, 0.1) is 29.9 Å². The van der Waals surface area contributed by atoms with Crippen LogP contribution in [0.2, 0.25) is 0 Å². The average molecular weight is 590 g/mol. The second-order valence-corrected chi connectivity index (χ2v) is 10.6. The van der Waals surface area contributed by atoms with Gasteiger partial charge in [0.25, 0.3) is 11.6 Å². The molecule has 1 atom stereocenters. The Labute approximate surface area is 227 Å². The highest BCUT2D eigenvalue weighted by molar-refractivity contribution is 9.10. The van der Waals surface area contributed by atoms with E-state index in [9.17, 15) is 19.7 Å². The number of aromatic nitrogens is 3. The molecule has 1 aromatic heterocycles. The van der Waals surface area contributed by atoms with Crippen LogP contribution in [0.1, 0.15) is 54.1 Å². The van der Waals surface area contributed by atoms with E-state index in [0.29, 0.717) is 23.2 Å². The Morgan fingerprint density at radius 3 is 2.51 bits per heavy atom. The fourth-order valence-corrected chi connectivity index (χ4v) is 5.01. The Morgan fingerprint density at radius 2 is 1.86 bits per heavy atom. The molecule has 10 nitrogen and oxygen atoms in total. The largest absolute Gasteiger partial charge is 0.342 e. The van der Waals surface area contributed by atoms with Crippen LogP contribution in [0.3, 0.4) is 0 Å². The van der Waals surface area contributed by atoms with Crippen LogP contribution in [0.15, 0.2) is 46.0 Å². The molecule has 0 aliphatic heterocycles. The number of hydrogen-bond acceptors (Lipinski definition) is 7. The van der Waals surface area contributed by atoms with E-state index in [1.165, 1.54) is 36.0 Å². The van der Waals surface area contributed by atoms with Crippen LogP contribution in [-0.2, 0) is 11.3 Å². The number of thioether (sulfide) groups is 1. The predicted molar refractivity (Wildman–Crippen MR) is 147 cm³/mol. The summed E-state index contributed by atoms with van der Waals surface area (Å²) in [5.74, 6) is 0.0156. The average Bonchev–Trinajstić information content (AvgIpc) is 3.26. The summed E-state index contributed by atoms with van der Waals surface area (Å²) in [6, 6.07) is 8.97. The third kappa shape index (κ3) is 6.95. The lowest BCUT2D eigenvalue weighted by atomic mass is 10.0. The van der Waals surface area contributed by atoms with E-state index in [4.69, 9.17) is 0 Å². The molecule has 2 amide bonds. The van der Waals surface area contributed by atoms with Gasteiger partial charge in [-0.3, -0.25) is 19.7 Å². The molecule has 0 bridgehead atoms. The Kier molecular flexibility index (Phi) is 9.44. The maximum absolute atomic E-state index is 12.9. The molecule has 0 radical (unpaired) electrons. The molecule has 0 unspecified atom stereocenters. The monoisotopic (exact) mass is 588 g/mol. The molecule has 0 spiro atoms. The lowest BCUT2D eigenvalue weighted by molar-refractivity contribution is -0.384. The van der Waals surface area contributed by atoms with Gasteiger partial charge < -0.3 is 15.2 Å². The van der Waals surface area contributed by atoms with E-state index in [-0.39, 0.29) is 28.8 Å². The number of halogens is 1. The van der Waals surface area contributed by atoms with Crippen LogP contribution in [0.5, 0.6) is 0 Å². The van der Waals surface area contributed by atoms with Gasteiger partial charge in [0, 0.05) is 28.7 Å². The van der Waals surface area contributed by atoms with Crippen molar-refractivity contribution in [1.29, 1.82) is 0 Å². The van der Waals surface area contributed by atoms with Crippen molar-refractivity contribution in [3.05, 3.63) is 73.5 Å². The van der Waals surface area contributed by atoms with E-state index < -0.39 is 16.9 Å². The molecule has 196 valence electrons. The lowest BCUT2D eigenvalue weighted by Crippen LogP contribution is -2.33. The minimum atomic E-state index is -0.539. The van der Waals surface area contributed by atoms with E-state index in [2.05, 4.69) is 36.8 Å². The number of carbonyl (C=O) groups is 2. The molecule has 2 N–H and O–H groups in total. The number of carbonyl (C=O) groups excluding carboxylic acids is 2. The highest BCUT2D eigenvalue weighted by Crippen LogP contribution is 2.28. The van der Waals surface area contributed by atoms with Crippen molar-refractivity contribution in [2.45, 2.75) is 52.4 Å². The molecule has 1 heterocycles. The van der Waals surface area contributed by atoms with Gasteiger partial charge in [0.2, 0.25) is 5.91 Å². The first kappa shape index (κ1) is 28.3. The zero-order chi connectivity index (χ0) is 27.3. The summed E-state index contributed by atoms with van der Waals surface area (Å²) in [5.41, 5.74) is 2.94. The number of nitro groups is 1. The summed E-state index contributed by atoms with van der Waals surface area (Å²) in [6.07, 6.45) is 0. The minimum absolute atomic E-state index is 0.0413. The van der Waals surface area contributed by atoms with E-state index in [0.717, 1.165) is 15.6 Å². The number of amides is 2. The Balaban J connectivity index is 1.74. The predicted octanol–water partition coefficient (Wildman–Crippen LogP) is 5.44. The number of non-ortho nitro benzene ring substituents is 1. The SMILES string of the molecule is CCn1c(SCC(=O)Nc2cc(C)c(C)cc2Br)nnc1[C@@H](NC(=O)c1cccc([N+](=O)[O-])c1)C(C)C. The zero-order valence-electron chi connectivity index (χ0n) is 21.2. The lowest BCUT2D eigenvalue weighted by Gasteiger charge is -2.22. The second kappa shape index (κ2) is 12.3. The first-order valence-electron chi connectivity index (χ1n) is 11.7. The molecule has 3 rings (SSSR count). The van der Waals surface area contributed by atoms with Crippen LogP contribution >= 0.6 is 27.7 Å². The number of hydrogen-bond donors (Lipinski definition) is 2. The van der Waals surface area contributed by atoms with E-state index in [1.807, 2.05) is 51.3 Å². The van der Waals surface area contributed by atoms with Crippen molar-refractivity contribution < 1.29 is 14.5 Å². The minimum Gasteiger partial charge on any atom is -0.342 e. The summed E-state index contributed by atoms with van der Waals surface area (Å²) in [4.78, 5) is 36.1. The number of nitro benzene ring substituents is 1. The molecule has 0 saturated carbocycles. The van der Waals surface area contributed by atoms with Gasteiger partial charge >= 0.3 is 0 Å². The van der Waals surface area contributed by atoms with E-state index >= 15 is 0 Å². The maximum atomic E-state index is 12.9. The molecule has 3 aromatic rings. The number of rotatable bonds is 10. The van der Waals surface area contributed by atoms with Gasteiger partial charge in [0.05, 0.1) is 22.4 Å². The van der Waals surface area contributed by atoms with Crippen LogP contribution < -0.4 is 10.6 Å². The fraction of sp³-hybridized carbons (Fsp3) is 0.360. The van der Waals surface area contributed by atoms with Gasteiger partial charge in [0.15, 0.2) is 11.0 Å². The molecule has 0 aliphatic carbocycles. The molecular weight excluding hydrogens is 560 g/mol. The smallest absolute Gasteiger partial charge is 0.270 e. The normalized spacial score (nSPS) is 11.9. The third-order valence-corrected chi connectivity index (χ3v) is 7.42. The molecule has 0 aliphatic rings. The van der Waals surface area contributed by atoms with E-state index in [1.54, 1.807) is 0 Å². The van der Waals surface area contributed by atoms with Gasteiger partial charge in [-0.2, -0.15) is 0 Å². The van der Waals surface area contributed by atoms with Crippen molar-refractivity contribution in [2.24, 2.45) is 5.92 Å². The fourth-order valence-electron chi connectivity index (χ4n) is 3.64. The quantitative estimate of drug-likeness (QED) is 0.183. The molecular formula is C25H29BrN6O4S. The molecule has 2 aromatic carbocycles. The standard InChI is InChI=1S/C25H29BrN6O4S/c1-6-31-23(22(14(2)3)28-24(34)17-8-7-9-18(12-17)32(35)36)29-30-25(31)37-13-21(33)27-20-11-16(5)15(4)10-19(20)26/h7-12,14,22H,6,13H2,1-5H3,(H,27,33)(H,28,34)/t22-/m0/s1. The summed E-state index contributed by atoms with van der Waals surface area (Å²) in [7, 11) is 0. The molecule has 37 heavy (non-hydrogen) atoms. The topological polar surface area (TPSA) is 132 Å². The van der Waals surface area contributed by atoms with Gasteiger partial charge in [0.1, 0.15) is 0 Å². The van der Waals surface area contributed by atoms with Crippen molar-refractivity contribution in [3.63, 3.8) is 0 Å². The number of aryl methyl sites for hydroxylation is 2. The number of benzene rings is 2. The number of anilines is 1. The first-order chi connectivity index (χ1) is 17.5. The van der Waals surface area contributed by atoms with Gasteiger partial charge in [-0.1, -0.05) is 31.7 Å². The zero-order valence-corrected chi connectivity index (χ0v) is 23.6. The van der Waals surface area contributed by atoms with Crippen molar-refractivity contribution in [2.75, 3.05) is 11.1 Å². The molecule has 0 fully saturated rings. The molecule has 12 heteroatoms. The first-order valence-corrected chi connectivity index (χ1v) is 13.5. The number of nitrogens with one attached hydrogen (secondary N) is 2. The van der Waals surface area contributed by atoms with Crippen molar-refractivity contribution in [1.82, 2.24) is 20.1 Å². The number of nitrogens with zero attached hydrogens (tertiary/aromatic N) is 4. The molecule has 0 saturated heterocycles. The van der Waals surface area contributed by atoms with Gasteiger partial charge in [-0.05, 0) is 71.9 Å². The second-order valence-electron chi connectivity index (χ2n) is 8.84. The summed E-state index contributed by atoms with van der Waals surface area (Å²) < 4.78 is 2.68. The van der Waals surface area contributed by atoms with Gasteiger partial charge in [-0.15, -0.1) is 10.2 Å². The Bertz CT molecular complexity index is 1330. The van der Waals surface area contributed by atoms with Crippen LogP contribution in [0.25, 0.3) is 0 Å². The third-order valence-electron chi connectivity index (χ3n) is 5.80. The van der Waals surface area contributed by atoms with Crippen LogP contribution in [-0.4, -0.2) is 37.3 Å². The Hall–Kier alpha value is -3.25. The maximum Gasteiger partial charge on any atom is 0.270 e. The van der Waals surface area contributed by atoms with Crippen molar-refractivity contribution in [3.8, 4) is 0 Å². The van der Waals surface area contributed by atoms with Gasteiger partial charge in [-0.25, -0.2) is 0 Å². The highest BCUT2D eigenvalue weighted by Gasteiger charge is 2.27.